The molecule has 2 aromatic heterocycles. The molecule has 4 saturated carbocycles. The lowest BCUT2D eigenvalue weighted by Gasteiger charge is -2.57. The Morgan fingerprint density at radius 3 is 1.23 bits per heavy atom. The number of hydrogen-bond acceptors (Lipinski definition) is 4. The van der Waals surface area contributed by atoms with Gasteiger partial charge in [0.25, 0.3) is 0 Å². The molecule has 6 aliphatic rings. The highest BCUT2D eigenvalue weighted by atomic mass is 16.3. The second-order valence-corrected chi connectivity index (χ2v) is 25.3. The number of hydrogen-bond donors (Lipinski definition) is 0. The van der Waals surface area contributed by atoms with Gasteiger partial charge >= 0.3 is 6.71 Å². The van der Waals surface area contributed by atoms with Crippen LogP contribution in [0, 0.1) is 17.8 Å². The monoisotopic (exact) mass is 859 g/mol. The van der Waals surface area contributed by atoms with Crippen LogP contribution in [0.25, 0.3) is 21.9 Å². The second kappa shape index (κ2) is 13.5. The molecule has 0 spiro atoms. The minimum Gasteiger partial charge on any atom is -0.468 e. The molecule has 65 heavy (non-hydrogen) atoms. The predicted molar refractivity (Wildman–Crippen MR) is 275 cm³/mol. The Labute approximate surface area is 387 Å². The van der Waals surface area contributed by atoms with E-state index in [1.54, 1.807) is 0 Å². The SMILES string of the molecule is CC(C)(C)c1ccc(N2c3cc(C45CC6CC(CC(C6)C4)C5)cc4c3B(c3oc5c(C(C)(C)C)cccc5c32)c2oc3c(C(C)(C)C)cccc3c2N4c2ccc(C(C)(C)C)cc2)cc1. The van der Waals surface area contributed by atoms with Crippen LogP contribution < -0.4 is 26.6 Å². The molecule has 13 rings (SSSR count). The van der Waals surface area contributed by atoms with Gasteiger partial charge in [0, 0.05) is 44.6 Å². The summed E-state index contributed by atoms with van der Waals surface area (Å²) in [4.78, 5) is 5.21. The van der Waals surface area contributed by atoms with Crippen molar-refractivity contribution in [3.63, 3.8) is 0 Å². The molecule has 7 aromatic rings. The Balaban J connectivity index is 1.23. The lowest BCUT2D eigenvalue weighted by atomic mass is 9.37. The maximum absolute atomic E-state index is 7.58. The summed E-state index contributed by atoms with van der Waals surface area (Å²) in [6.07, 6.45) is 8.14. The van der Waals surface area contributed by atoms with Crippen molar-refractivity contribution in [3.05, 3.63) is 125 Å². The number of fused-ring (bicyclic) bond motifs is 8. The van der Waals surface area contributed by atoms with E-state index in [1.165, 1.54) is 83.2 Å². The fraction of sp³-hybridized carbons (Fsp3) is 0.433. The van der Waals surface area contributed by atoms with Gasteiger partial charge in [0.15, 0.2) is 0 Å². The minimum absolute atomic E-state index is 0.0326. The molecular weight excluding hydrogens is 791 g/mol. The van der Waals surface area contributed by atoms with E-state index in [4.69, 9.17) is 8.83 Å². The normalized spacial score (nSPS) is 22.5. The van der Waals surface area contributed by atoms with Crippen LogP contribution in [0.1, 0.15) is 149 Å². The van der Waals surface area contributed by atoms with E-state index in [9.17, 15) is 0 Å². The smallest absolute Gasteiger partial charge is 0.342 e. The van der Waals surface area contributed by atoms with E-state index < -0.39 is 0 Å². The van der Waals surface area contributed by atoms with Crippen LogP contribution in [0.4, 0.5) is 34.1 Å². The fourth-order valence-electron chi connectivity index (χ4n) is 13.7. The van der Waals surface area contributed by atoms with Crippen LogP contribution in [0.15, 0.2) is 106 Å². The first-order chi connectivity index (χ1) is 30.7. The molecule has 0 atom stereocenters. The zero-order valence-corrected chi connectivity index (χ0v) is 41.0. The third kappa shape index (κ3) is 6.15. The van der Waals surface area contributed by atoms with Crippen LogP contribution in [0.3, 0.4) is 0 Å². The van der Waals surface area contributed by atoms with Crippen molar-refractivity contribution in [2.24, 2.45) is 17.8 Å². The lowest BCUT2D eigenvalue weighted by molar-refractivity contribution is -0.00514. The topological polar surface area (TPSA) is 32.8 Å². The maximum Gasteiger partial charge on any atom is 0.342 e. The molecule has 4 nitrogen and oxygen atoms in total. The predicted octanol–water partition coefficient (Wildman–Crippen LogP) is 14.9. The Kier molecular flexibility index (Phi) is 8.56. The highest BCUT2D eigenvalue weighted by Crippen LogP contribution is 2.62. The molecule has 5 heteroatoms. The summed E-state index contributed by atoms with van der Waals surface area (Å²) < 4.78 is 15.2. The van der Waals surface area contributed by atoms with Gasteiger partial charge in [-0.05, 0) is 154 Å². The first-order valence-electron chi connectivity index (χ1n) is 24.8. The maximum atomic E-state index is 7.58. The van der Waals surface area contributed by atoms with Crippen molar-refractivity contribution >= 4 is 79.6 Å². The fourth-order valence-corrected chi connectivity index (χ4v) is 13.7. The van der Waals surface area contributed by atoms with Crippen molar-refractivity contribution in [1.29, 1.82) is 0 Å². The van der Waals surface area contributed by atoms with Gasteiger partial charge in [0.1, 0.15) is 22.5 Å². The molecule has 0 N–H and O–H groups in total. The average Bonchev–Trinajstić information content (AvgIpc) is 3.81. The van der Waals surface area contributed by atoms with Gasteiger partial charge < -0.3 is 18.6 Å². The van der Waals surface area contributed by atoms with Gasteiger partial charge in [-0.25, -0.2) is 0 Å². The molecule has 4 heterocycles. The number of anilines is 6. The molecule has 4 fully saturated rings. The van der Waals surface area contributed by atoms with E-state index in [-0.39, 0.29) is 33.8 Å². The molecular formula is C60H67BN2O2. The molecule has 5 aromatic carbocycles. The highest BCUT2D eigenvalue weighted by molar-refractivity contribution is 6.99. The van der Waals surface area contributed by atoms with Crippen molar-refractivity contribution in [2.75, 3.05) is 9.80 Å². The standard InChI is InChI=1S/C60H67BN2O2/c1-56(2,3)38-19-23-41(24-20-38)62-47-30-40(60-32-35-27-36(33-60)29-37(28-35)34-60)31-48-49(47)61(54-50(62)43-15-13-17-45(52(43)64-54)58(7,8)9)55-51(44-16-14-18-46(53(44)65-55)59(10,11)12)63(48)42-25-21-39(22-26-42)57(4,5)6/h13-26,30-31,35-37H,27-29,32-34H2,1-12H3. The number of para-hydroxylation sites is 2. The summed E-state index contributed by atoms with van der Waals surface area (Å²) >= 11 is 0. The molecule has 0 radical (unpaired) electrons. The quantitative estimate of drug-likeness (QED) is 0.166. The van der Waals surface area contributed by atoms with Gasteiger partial charge in [-0.3, -0.25) is 0 Å². The van der Waals surface area contributed by atoms with Gasteiger partial charge in [-0.2, -0.15) is 0 Å². The number of benzene rings is 5. The zero-order chi connectivity index (χ0) is 45.3. The first kappa shape index (κ1) is 41.3. The van der Waals surface area contributed by atoms with Crippen LogP contribution in [-0.2, 0) is 27.1 Å². The summed E-state index contributed by atoms with van der Waals surface area (Å²) in [5, 5.41) is 2.32. The van der Waals surface area contributed by atoms with Crippen LogP contribution in [0.5, 0.6) is 0 Å². The molecule has 2 aliphatic heterocycles. The van der Waals surface area contributed by atoms with Gasteiger partial charge in [-0.1, -0.05) is 132 Å². The van der Waals surface area contributed by atoms with Crippen molar-refractivity contribution in [2.45, 2.75) is 149 Å². The van der Waals surface area contributed by atoms with Gasteiger partial charge in [0.05, 0.1) is 11.4 Å². The summed E-state index contributed by atoms with van der Waals surface area (Å²) in [7, 11) is 0. The van der Waals surface area contributed by atoms with Crippen molar-refractivity contribution in [3.8, 4) is 0 Å². The van der Waals surface area contributed by atoms with Crippen molar-refractivity contribution in [1.82, 2.24) is 0 Å². The van der Waals surface area contributed by atoms with Gasteiger partial charge in [-0.15, -0.1) is 0 Å². The zero-order valence-electron chi connectivity index (χ0n) is 41.0. The Bertz CT molecular complexity index is 2840. The molecule has 0 saturated heterocycles. The number of nitrogens with zero attached hydrogens (tertiary/aromatic N) is 2. The van der Waals surface area contributed by atoms with E-state index >= 15 is 0 Å². The molecule has 332 valence electrons. The third-order valence-corrected chi connectivity index (χ3v) is 16.6. The highest BCUT2D eigenvalue weighted by Gasteiger charge is 2.55. The van der Waals surface area contributed by atoms with Crippen LogP contribution in [-0.4, -0.2) is 6.71 Å². The van der Waals surface area contributed by atoms with Crippen molar-refractivity contribution < 1.29 is 8.83 Å². The number of rotatable bonds is 3. The van der Waals surface area contributed by atoms with Crippen LogP contribution in [0.2, 0.25) is 0 Å². The van der Waals surface area contributed by atoms with E-state index in [0.717, 1.165) is 73.8 Å². The molecule has 0 amide bonds. The van der Waals surface area contributed by atoms with Crippen LogP contribution >= 0.6 is 0 Å². The van der Waals surface area contributed by atoms with E-state index in [2.05, 4.69) is 190 Å². The van der Waals surface area contributed by atoms with Gasteiger partial charge in [0.2, 0.25) is 0 Å². The number of furan rings is 2. The third-order valence-electron chi connectivity index (χ3n) is 16.6. The average molecular weight is 859 g/mol. The summed E-state index contributed by atoms with van der Waals surface area (Å²) in [5.41, 5.74) is 18.9. The summed E-state index contributed by atoms with van der Waals surface area (Å²) in [5.74, 6) is 2.47. The Hall–Kier alpha value is -5.16. The molecule has 4 aliphatic carbocycles. The Morgan fingerprint density at radius 2 is 0.877 bits per heavy atom. The summed E-state index contributed by atoms with van der Waals surface area (Å²) in [6, 6.07) is 37.9. The second-order valence-electron chi connectivity index (χ2n) is 25.3. The summed E-state index contributed by atoms with van der Waals surface area (Å²) in [6.45, 7) is 27.5. The lowest BCUT2D eigenvalue weighted by Crippen LogP contribution is -2.60. The minimum atomic E-state index is -0.258. The largest absolute Gasteiger partial charge is 0.468 e. The first-order valence-corrected chi connectivity index (χ1v) is 24.8. The molecule has 0 unspecified atom stereocenters. The Morgan fingerprint density at radius 1 is 0.492 bits per heavy atom. The van der Waals surface area contributed by atoms with E-state index in [0.29, 0.717) is 0 Å². The van der Waals surface area contributed by atoms with E-state index in [1.807, 2.05) is 0 Å². The molecule has 4 bridgehead atoms.